The fourth-order valence-corrected chi connectivity index (χ4v) is 7.40. The van der Waals surface area contributed by atoms with Crippen LogP contribution < -0.4 is 10.6 Å². The molecule has 0 radical (unpaired) electrons. The first-order chi connectivity index (χ1) is 22.1. The van der Waals surface area contributed by atoms with Crippen LogP contribution in [0.5, 0.6) is 0 Å². The Morgan fingerprint density at radius 3 is 2.78 bits per heavy atom. The van der Waals surface area contributed by atoms with E-state index in [1.54, 1.807) is 24.5 Å². The molecule has 3 atom stereocenters. The summed E-state index contributed by atoms with van der Waals surface area (Å²) in [6.07, 6.45) is 5.26. The molecule has 4 heterocycles. The summed E-state index contributed by atoms with van der Waals surface area (Å²) in [4.78, 5) is 36.0. The highest BCUT2D eigenvalue weighted by Crippen LogP contribution is 2.47. The second kappa shape index (κ2) is 11.4. The Kier molecular flexibility index (Phi) is 7.48. The van der Waals surface area contributed by atoms with E-state index in [0.29, 0.717) is 55.1 Å². The van der Waals surface area contributed by atoms with Gasteiger partial charge < -0.3 is 25.0 Å². The van der Waals surface area contributed by atoms with E-state index >= 15 is 4.39 Å². The van der Waals surface area contributed by atoms with Gasteiger partial charge in [0.25, 0.3) is 5.91 Å². The molecule has 9 nitrogen and oxygen atoms in total. The van der Waals surface area contributed by atoms with Crippen molar-refractivity contribution in [3.63, 3.8) is 0 Å². The second-order valence-electron chi connectivity index (χ2n) is 12.9. The van der Waals surface area contributed by atoms with Gasteiger partial charge in [-0.1, -0.05) is 24.3 Å². The van der Waals surface area contributed by atoms with Gasteiger partial charge in [-0.05, 0) is 80.5 Å². The molecule has 0 fully saturated rings. The molecule has 0 saturated carbocycles. The predicted molar refractivity (Wildman–Crippen MR) is 165 cm³/mol. The molecule has 1 unspecified atom stereocenters. The van der Waals surface area contributed by atoms with Crippen molar-refractivity contribution in [1.82, 2.24) is 19.9 Å². The fraction of sp³-hybridized carbons (Fsp3) is 0.371. The van der Waals surface area contributed by atoms with Gasteiger partial charge >= 0.3 is 0 Å². The zero-order chi connectivity index (χ0) is 32.2. The van der Waals surface area contributed by atoms with Crippen LogP contribution in [0.25, 0.3) is 0 Å². The lowest BCUT2D eigenvalue weighted by atomic mass is 9.79. The number of nitrogens with one attached hydrogen (secondary N) is 2. The average molecular weight is 628 g/mol. The minimum atomic E-state index is -0.905. The van der Waals surface area contributed by atoms with Crippen molar-refractivity contribution in [1.29, 1.82) is 0 Å². The second-order valence-corrected chi connectivity index (χ2v) is 12.9. The van der Waals surface area contributed by atoms with Gasteiger partial charge in [0.2, 0.25) is 5.91 Å². The first-order valence-electron chi connectivity index (χ1n) is 15.6. The Labute approximate surface area is 265 Å². The summed E-state index contributed by atoms with van der Waals surface area (Å²) in [6.45, 7) is 3.98. The number of ether oxygens (including phenoxy) is 1. The van der Waals surface area contributed by atoms with Crippen LogP contribution in [0.2, 0.25) is 0 Å². The van der Waals surface area contributed by atoms with Crippen LogP contribution in [-0.2, 0) is 39.9 Å². The van der Waals surface area contributed by atoms with E-state index in [9.17, 15) is 19.1 Å². The maximum atomic E-state index is 15.0. The van der Waals surface area contributed by atoms with E-state index in [4.69, 9.17) is 9.72 Å². The minimum Gasteiger partial charge on any atom is -0.394 e. The van der Waals surface area contributed by atoms with Crippen LogP contribution >= 0.6 is 0 Å². The molecule has 3 aliphatic rings. The zero-order valence-corrected chi connectivity index (χ0v) is 25.6. The van der Waals surface area contributed by atoms with Crippen molar-refractivity contribution in [2.24, 2.45) is 0 Å². The molecule has 2 aromatic heterocycles. The number of halogens is 2. The molecule has 238 valence electrons. The van der Waals surface area contributed by atoms with Gasteiger partial charge in [-0.3, -0.25) is 9.59 Å². The molecule has 0 saturated heterocycles. The normalized spacial score (nSPS) is 21.8. The molecule has 46 heavy (non-hydrogen) atoms. The Bertz CT molecular complexity index is 1860. The lowest BCUT2D eigenvalue weighted by Gasteiger charge is -2.28. The average Bonchev–Trinajstić information content (AvgIpc) is 3.69. The predicted octanol–water partition coefficient (Wildman–Crippen LogP) is 4.84. The first-order valence-corrected chi connectivity index (χ1v) is 15.6. The molecule has 11 heteroatoms. The Morgan fingerprint density at radius 2 is 1.96 bits per heavy atom. The molecule has 2 aromatic carbocycles. The summed E-state index contributed by atoms with van der Waals surface area (Å²) in [5.41, 5.74) is 2.67. The Balaban J connectivity index is 1.18. The fourth-order valence-electron chi connectivity index (χ4n) is 7.40. The SMILES string of the molecule is CC(C)(OCCO)c1cnc2n1C[C@H](c1cccc(F)c1F)CC[C@H]2NC(=O)c1ccc2c(c1)CC1(C2)C(=O)Nc2ncccc21. The van der Waals surface area contributed by atoms with E-state index in [1.807, 2.05) is 42.7 Å². The van der Waals surface area contributed by atoms with Gasteiger partial charge in [0.05, 0.1) is 36.6 Å². The number of fused-ring (bicyclic) bond motifs is 4. The lowest BCUT2D eigenvalue weighted by Crippen LogP contribution is -2.35. The van der Waals surface area contributed by atoms with E-state index in [-0.39, 0.29) is 36.5 Å². The molecule has 1 aliphatic carbocycles. The quantitative estimate of drug-likeness (QED) is 0.270. The number of pyridine rings is 1. The number of hydrogen-bond acceptors (Lipinski definition) is 6. The third-order valence-corrected chi connectivity index (χ3v) is 9.75. The van der Waals surface area contributed by atoms with Crippen LogP contribution in [0.1, 0.15) is 82.8 Å². The molecule has 2 aliphatic heterocycles. The van der Waals surface area contributed by atoms with E-state index in [2.05, 4.69) is 15.6 Å². The van der Waals surface area contributed by atoms with E-state index in [1.165, 1.54) is 6.07 Å². The van der Waals surface area contributed by atoms with Crippen molar-refractivity contribution in [2.75, 3.05) is 18.5 Å². The molecule has 1 spiro atoms. The summed E-state index contributed by atoms with van der Waals surface area (Å²) in [6, 6.07) is 13.0. The van der Waals surface area contributed by atoms with Crippen molar-refractivity contribution >= 4 is 17.6 Å². The Hall–Kier alpha value is -4.48. The summed E-state index contributed by atoms with van der Waals surface area (Å²) in [5, 5.41) is 15.5. The standard InChI is InChI=1S/C35H35F2N5O4/c1-34(2,46-14-13-43)28-18-39-31-27(11-10-22(19-42(28)31)24-5-3-7-26(36)29(24)37)40-32(44)20-8-9-21-16-35(17-23(21)15-20)25-6-4-12-38-30(25)41-33(35)45/h3-9,12,15,18,22,27,43H,10-11,13-14,16-17,19H2,1-2H3,(H,40,44)(H,38,41,45)/t22-,27-,35?/m1/s1. The number of amides is 2. The number of anilines is 1. The highest BCUT2D eigenvalue weighted by Gasteiger charge is 2.51. The van der Waals surface area contributed by atoms with Crippen molar-refractivity contribution in [3.05, 3.63) is 112 Å². The smallest absolute Gasteiger partial charge is 0.251 e. The minimum absolute atomic E-state index is 0.0836. The largest absolute Gasteiger partial charge is 0.394 e. The number of hydrogen-bond donors (Lipinski definition) is 3. The number of carbonyl (C=O) groups excluding carboxylic acids is 2. The Morgan fingerprint density at radius 1 is 1.13 bits per heavy atom. The summed E-state index contributed by atoms with van der Waals surface area (Å²) in [7, 11) is 0. The molecule has 3 N–H and O–H groups in total. The molecular weight excluding hydrogens is 592 g/mol. The topological polar surface area (TPSA) is 118 Å². The molecule has 7 rings (SSSR count). The number of aliphatic hydroxyl groups is 1. The third kappa shape index (κ3) is 4.98. The third-order valence-electron chi connectivity index (χ3n) is 9.75. The lowest BCUT2D eigenvalue weighted by molar-refractivity contribution is -0.120. The number of imidazole rings is 1. The molecular formula is C35H35F2N5O4. The summed E-state index contributed by atoms with van der Waals surface area (Å²) < 4.78 is 37.2. The van der Waals surface area contributed by atoms with Gasteiger partial charge in [-0.25, -0.2) is 18.7 Å². The maximum absolute atomic E-state index is 15.0. The highest BCUT2D eigenvalue weighted by molar-refractivity contribution is 6.06. The first kappa shape index (κ1) is 30.2. The van der Waals surface area contributed by atoms with Crippen LogP contribution in [0.3, 0.4) is 0 Å². The molecule has 2 amide bonds. The molecule has 4 aromatic rings. The number of nitrogens with zero attached hydrogens (tertiary/aromatic N) is 3. The van der Waals surface area contributed by atoms with Crippen molar-refractivity contribution in [3.8, 4) is 0 Å². The van der Waals surface area contributed by atoms with Crippen molar-refractivity contribution < 1.29 is 28.2 Å². The maximum Gasteiger partial charge on any atom is 0.251 e. The monoisotopic (exact) mass is 627 g/mol. The number of aromatic nitrogens is 3. The summed E-state index contributed by atoms with van der Waals surface area (Å²) in [5.74, 6) is -1.37. The van der Waals surface area contributed by atoms with Crippen LogP contribution in [0, 0.1) is 11.6 Å². The molecule has 0 bridgehead atoms. The van der Waals surface area contributed by atoms with Gasteiger partial charge in [-0.15, -0.1) is 0 Å². The van der Waals surface area contributed by atoms with Gasteiger partial charge in [0, 0.05) is 29.8 Å². The number of benzene rings is 2. The van der Waals surface area contributed by atoms with Gasteiger partial charge in [0.15, 0.2) is 11.6 Å². The number of carbonyl (C=O) groups is 2. The van der Waals surface area contributed by atoms with Crippen LogP contribution in [0.15, 0.2) is 60.9 Å². The van der Waals surface area contributed by atoms with Crippen molar-refractivity contribution in [2.45, 2.75) is 69.1 Å². The highest BCUT2D eigenvalue weighted by atomic mass is 19.2. The van der Waals surface area contributed by atoms with Crippen LogP contribution in [-0.4, -0.2) is 44.7 Å². The number of rotatable bonds is 7. The van der Waals surface area contributed by atoms with Crippen LogP contribution in [0.4, 0.5) is 14.6 Å². The number of aliphatic hydroxyl groups excluding tert-OH is 1. The van der Waals surface area contributed by atoms with Gasteiger partial charge in [-0.2, -0.15) is 0 Å². The summed E-state index contributed by atoms with van der Waals surface area (Å²) >= 11 is 0. The zero-order valence-electron chi connectivity index (χ0n) is 25.6. The van der Waals surface area contributed by atoms with Gasteiger partial charge in [0.1, 0.15) is 17.2 Å². The van der Waals surface area contributed by atoms with E-state index < -0.39 is 28.7 Å². The van der Waals surface area contributed by atoms with E-state index in [0.717, 1.165) is 22.8 Å².